The first-order valence-corrected chi connectivity index (χ1v) is 36.4. The summed E-state index contributed by atoms with van der Waals surface area (Å²) < 4.78 is 28.9. The van der Waals surface area contributed by atoms with Gasteiger partial charge in [0.05, 0.1) is 48.7 Å². The van der Waals surface area contributed by atoms with Crippen LogP contribution in [0.25, 0.3) is 64.9 Å². The number of hydrogen-bond donors (Lipinski definition) is 10. The maximum absolute atomic E-state index is 16.7. The van der Waals surface area contributed by atoms with Crippen LogP contribution < -0.4 is 18.9 Å². The summed E-state index contributed by atoms with van der Waals surface area (Å²) in [7, 11) is 0. The maximum Gasteiger partial charge on any atom is 0.262 e. The first-order chi connectivity index (χ1) is 53.6. The number of nitrogens with zero attached hydrogens (tertiary/aromatic N) is 4. The zero-order chi connectivity index (χ0) is 76.4. The van der Waals surface area contributed by atoms with Crippen LogP contribution in [-0.2, 0) is 48.1 Å². The molecule has 0 spiro atoms. The Morgan fingerprint density at radius 1 is 0.327 bits per heavy atom. The van der Waals surface area contributed by atoms with Gasteiger partial charge in [0, 0.05) is 131 Å². The molecule has 0 saturated carbocycles. The Kier molecular flexibility index (Phi) is 21.1. The van der Waals surface area contributed by atoms with Crippen molar-refractivity contribution in [3.05, 3.63) is 238 Å². The summed E-state index contributed by atoms with van der Waals surface area (Å²) in [6.45, 7) is -3.95. The molecule has 110 heavy (non-hydrogen) atoms. The van der Waals surface area contributed by atoms with E-state index in [0.717, 1.165) is 42.8 Å². The molecule has 15 rings (SSSR count). The van der Waals surface area contributed by atoms with Crippen molar-refractivity contribution in [1.82, 2.24) is 29.6 Å². The van der Waals surface area contributed by atoms with Crippen molar-refractivity contribution in [3.8, 4) is 46.0 Å². The van der Waals surface area contributed by atoms with Crippen molar-refractivity contribution in [1.29, 1.82) is 0 Å². The minimum absolute atomic E-state index is 0.0292. The van der Waals surface area contributed by atoms with E-state index in [0.29, 0.717) is 22.4 Å². The van der Waals surface area contributed by atoms with Gasteiger partial charge in [0.1, 0.15) is 58.1 Å². The molecule has 6 amide bonds. The fraction of sp³-hybridized carbons (Fsp3) is 0.233. The first-order valence-electron chi connectivity index (χ1n) is 36.4. The van der Waals surface area contributed by atoms with E-state index in [-0.39, 0.29) is 202 Å². The Balaban J connectivity index is 1.09. The third-order valence-electron chi connectivity index (χ3n) is 20.5. The van der Waals surface area contributed by atoms with E-state index >= 15 is 28.8 Å². The molecule has 2 unspecified atom stereocenters. The van der Waals surface area contributed by atoms with Gasteiger partial charge < -0.3 is 79.6 Å². The molecular formula is C86H78N6O18. The number of carbonyl (C=O) groups excluding carboxylic acids is 6. The summed E-state index contributed by atoms with van der Waals surface area (Å²) in [4.78, 5) is 109. The van der Waals surface area contributed by atoms with Gasteiger partial charge >= 0.3 is 0 Å². The molecule has 24 nitrogen and oxygen atoms in total. The first kappa shape index (κ1) is 73.4. The molecule has 560 valence electrons. The number of aliphatic hydroxyl groups is 8. The van der Waals surface area contributed by atoms with E-state index in [1.807, 2.05) is 48.5 Å². The molecule has 2 aromatic heterocycles. The van der Waals surface area contributed by atoms with E-state index in [1.165, 1.54) is 34.1 Å². The van der Waals surface area contributed by atoms with Gasteiger partial charge in [-0.15, -0.1) is 0 Å². The van der Waals surface area contributed by atoms with Crippen molar-refractivity contribution >= 4 is 100 Å². The van der Waals surface area contributed by atoms with Crippen LogP contribution in [0.3, 0.4) is 0 Å². The summed E-state index contributed by atoms with van der Waals surface area (Å²) >= 11 is 0. The maximum atomic E-state index is 16.7. The fourth-order valence-electron chi connectivity index (χ4n) is 15.4. The number of hydrogen-bond acceptors (Lipinski definition) is 18. The highest BCUT2D eigenvalue weighted by molar-refractivity contribution is 6.45. The third-order valence-corrected chi connectivity index (χ3v) is 20.5. The van der Waals surface area contributed by atoms with Crippen LogP contribution >= 0.6 is 0 Å². The third kappa shape index (κ3) is 13.8. The topological polar surface area (TPSA) is 346 Å². The molecule has 4 heterocycles. The molecule has 2 atom stereocenters. The van der Waals surface area contributed by atoms with Crippen LogP contribution in [-0.4, -0.2) is 197 Å². The molecule has 10 N–H and O–H groups in total. The minimum Gasteiger partial charge on any atom is -0.457 e. The monoisotopic (exact) mass is 1480 g/mol. The highest BCUT2D eigenvalue weighted by atomic mass is 16.5. The van der Waals surface area contributed by atoms with Crippen molar-refractivity contribution < 1.29 is 88.6 Å². The number of para-hydroxylation sites is 2. The molecule has 0 saturated heterocycles. The molecule has 2 aliphatic heterocycles. The van der Waals surface area contributed by atoms with Gasteiger partial charge in [-0.05, 0) is 156 Å². The Hall–Kier alpha value is -12.1. The van der Waals surface area contributed by atoms with Gasteiger partial charge in [-0.1, -0.05) is 84.9 Å². The average Bonchev–Trinajstić information content (AvgIpc) is 0.705. The molecule has 0 fully saturated rings. The number of amides is 6. The van der Waals surface area contributed by atoms with Crippen LogP contribution in [0.15, 0.2) is 182 Å². The van der Waals surface area contributed by atoms with Gasteiger partial charge in [0.25, 0.3) is 23.6 Å². The Labute approximate surface area is 629 Å². The van der Waals surface area contributed by atoms with Crippen LogP contribution in [0, 0.1) is 0 Å². The normalized spacial score (nSPS) is 13.4. The zero-order valence-corrected chi connectivity index (χ0v) is 59.7. The number of carbonyl (C=O) groups is 6. The second kappa shape index (κ2) is 31.6. The lowest BCUT2D eigenvalue weighted by molar-refractivity contribution is -0.137. The number of rotatable bonds is 32. The molecular weight excluding hydrogens is 1400 g/mol. The summed E-state index contributed by atoms with van der Waals surface area (Å²) in [6, 6.07) is 48.2. The van der Waals surface area contributed by atoms with Crippen LogP contribution in [0.4, 0.5) is 0 Å². The Morgan fingerprint density at radius 2 is 0.591 bits per heavy atom. The van der Waals surface area contributed by atoms with Gasteiger partial charge in [0.15, 0.2) is 0 Å². The summed E-state index contributed by atoms with van der Waals surface area (Å²) in [5.41, 5.74) is 4.67. The number of ether oxygens (including phenoxy) is 4. The van der Waals surface area contributed by atoms with E-state index in [2.05, 4.69) is 9.97 Å². The van der Waals surface area contributed by atoms with Crippen molar-refractivity contribution in [2.45, 2.75) is 50.6 Å². The lowest BCUT2D eigenvalue weighted by Crippen LogP contribution is -2.56. The van der Waals surface area contributed by atoms with Gasteiger partial charge in [-0.3, -0.25) is 38.6 Å². The number of benzene rings is 11. The lowest BCUT2D eigenvalue weighted by atomic mass is 9.80. The number of aromatic nitrogens is 2. The number of nitrogens with one attached hydrogen (secondary N) is 2. The second-order valence-corrected chi connectivity index (χ2v) is 27.3. The Bertz CT molecular complexity index is 5030. The smallest absolute Gasteiger partial charge is 0.262 e. The second-order valence-electron chi connectivity index (χ2n) is 27.3. The van der Waals surface area contributed by atoms with Gasteiger partial charge in [0.2, 0.25) is 11.8 Å². The molecule has 0 radical (unpaired) electrons. The van der Waals surface area contributed by atoms with Gasteiger partial charge in [-0.25, -0.2) is 0 Å². The number of H-pyrrole nitrogens is 2. The molecule has 11 aromatic carbocycles. The highest BCUT2D eigenvalue weighted by Crippen LogP contribution is 2.58. The number of imide groups is 2. The molecule has 0 bridgehead atoms. The Morgan fingerprint density at radius 3 is 0.836 bits per heavy atom. The number of aromatic amines is 2. The molecule has 0 aliphatic carbocycles. The fourth-order valence-corrected chi connectivity index (χ4v) is 15.4. The summed E-state index contributed by atoms with van der Waals surface area (Å²) in [5.74, 6) is -4.91. The van der Waals surface area contributed by atoms with Crippen molar-refractivity contribution in [2.24, 2.45) is 0 Å². The standard InChI is InChI=1S/C86H78N6O18/c93-33-25-49-9-17-57(18-10-49)107-69-45-61-73-62(82(102)91(81(61)101)67(85(105)89(29-37-97)30-38-98)43-55-41-53-5-1-3-7-65(53)87-55)46-70(108-58-19-11-50(12-20-58)26-34-94)76-78-72(110-60-23-15-52(16-24-60)28-36-96)48-64-74-63(47-71(77(80(74)78)75(69)79(73)76)109-59-21-13-51(14-22-59)27-35-95)83(103)92(84(64)104)68(86(106)90(31-39-99)32-40-100)44-56-42-54-6-2-4-8-66(54)88-56/h1-24,41-42,45-48,67-68,87-88,93-100H,25-40,43-44H2. The quantitative estimate of drug-likeness (QED) is 0.0106. The van der Waals surface area contributed by atoms with E-state index in [1.54, 1.807) is 109 Å². The van der Waals surface area contributed by atoms with Crippen LogP contribution in [0.5, 0.6) is 46.0 Å². The van der Waals surface area contributed by atoms with E-state index < -0.39 is 74.0 Å². The lowest BCUT2D eigenvalue weighted by Gasteiger charge is -2.37. The number of aliphatic hydroxyl groups excluding tert-OH is 8. The predicted octanol–water partition coefficient (Wildman–Crippen LogP) is 10.0. The van der Waals surface area contributed by atoms with Crippen molar-refractivity contribution in [3.63, 3.8) is 0 Å². The van der Waals surface area contributed by atoms with Crippen LogP contribution in [0.1, 0.15) is 75.1 Å². The van der Waals surface area contributed by atoms with E-state index in [4.69, 9.17) is 18.9 Å². The highest BCUT2D eigenvalue weighted by Gasteiger charge is 2.48. The minimum atomic E-state index is -1.66. The average molecular weight is 1480 g/mol. The molecule has 13 aromatic rings. The SMILES string of the molecule is O=C(C(Cc1cc2ccccc2[nH]1)N1C(=O)c2cc(Oc3ccc(CCO)cc3)c3c4c(Oc5ccc(CCO)cc5)cc5c6c(cc(Oc7ccc(CCO)cc7)c(c7c(Oc8ccc(CCO)cc8)cc(c2c37)C1=O)c64)C(=O)N(C(Cc1cc2ccccc2[nH]1)C(=O)N(CCO)CCO)C5=O)N(CCO)CCO. The molecule has 24 heteroatoms. The summed E-state index contributed by atoms with van der Waals surface area (Å²) in [5, 5.41) is 84.5. The largest absolute Gasteiger partial charge is 0.457 e. The summed E-state index contributed by atoms with van der Waals surface area (Å²) in [6.07, 6.45) is 0.588. The van der Waals surface area contributed by atoms with Gasteiger partial charge in [-0.2, -0.15) is 0 Å². The van der Waals surface area contributed by atoms with Crippen LogP contribution in [0.2, 0.25) is 0 Å². The molecule has 2 aliphatic rings. The zero-order valence-electron chi connectivity index (χ0n) is 59.7. The van der Waals surface area contributed by atoms with E-state index in [9.17, 15) is 40.9 Å². The predicted molar refractivity (Wildman–Crippen MR) is 411 cm³/mol. The number of fused-ring (bicyclic) bond motifs is 4. The van der Waals surface area contributed by atoms with Crippen molar-refractivity contribution in [2.75, 3.05) is 79.0 Å².